The number of aryl methyl sites for hydroxylation is 1. The summed E-state index contributed by atoms with van der Waals surface area (Å²) in [5.41, 5.74) is -0.719. The van der Waals surface area contributed by atoms with E-state index in [0.29, 0.717) is 11.7 Å². The molecule has 0 saturated carbocycles. The maximum atomic E-state index is 12.6. The van der Waals surface area contributed by atoms with Gasteiger partial charge in [0.2, 0.25) is 11.1 Å². The number of halogens is 3. The number of thioether (sulfide) groups is 1. The number of amides is 1. The third-order valence-electron chi connectivity index (χ3n) is 2.60. The van der Waals surface area contributed by atoms with Crippen LogP contribution in [-0.2, 0) is 17.5 Å². The second kappa shape index (κ2) is 6.77. The predicted octanol–water partition coefficient (Wildman–Crippen LogP) is 2.44. The lowest BCUT2D eigenvalue weighted by Crippen LogP contribution is -2.15. The molecule has 0 unspecified atom stereocenters. The van der Waals surface area contributed by atoms with E-state index in [4.69, 9.17) is 0 Å². The summed E-state index contributed by atoms with van der Waals surface area (Å²) in [6, 6.07) is 4.47. The van der Waals surface area contributed by atoms with Gasteiger partial charge in [0.25, 0.3) is 0 Å². The summed E-state index contributed by atoms with van der Waals surface area (Å²) < 4.78 is 39.3. The summed E-state index contributed by atoms with van der Waals surface area (Å²) in [6.45, 7) is 2.41. The first-order valence-electron chi connectivity index (χ1n) is 6.26. The highest BCUT2D eigenvalue weighted by Crippen LogP contribution is 2.30. The van der Waals surface area contributed by atoms with E-state index in [1.54, 1.807) is 0 Å². The lowest BCUT2D eigenvalue weighted by atomic mass is 10.2. The molecule has 0 aliphatic carbocycles. The van der Waals surface area contributed by atoms with Crippen LogP contribution in [0.15, 0.2) is 29.4 Å². The van der Waals surface area contributed by atoms with E-state index in [-0.39, 0.29) is 11.4 Å². The number of hydrogen-bond donors (Lipinski definition) is 1. The molecular formula is C12H12F3N5OS. The predicted molar refractivity (Wildman–Crippen MR) is 74.3 cm³/mol. The Labute approximate surface area is 128 Å². The second-order valence-electron chi connectivity index (χ2n) is 4.19. The van der Waals surface area contributed by atoms with E-state index in [0.717, 1.165) is 23.9 Å². The van der Waals surface area contributed by atoms with Gasteiger partial charge in [0.15, 0.2) is 0 Å². The molecule has 0 fully saturated rings. The highest BCUT2D eigenvalue weighted by Gasteiger charge is 2.30. The smallest absolute Gasteiger partial charge is 0.325 e. The van der Waals surface area contributed by atoms with Gasteiger partial charge >= 0.3 is 6.18 Å². The van der Waals surface area contributed by atoms with Crippen molar-refractivity contribution < 1.29 is 18.0 Å². The van der Waals surface area contributed by atoms with Gasteiger partial charge in [-0.3, -0.25) is 4.79 Å². The van der Waals surface area contributed by atoms with E-state index in [9.17, 15) is 18.0 Å². The molecule has 0 bridgehead atoms. The SMILES string of the molecule is CCn1nnnc1SCC(=O)Nc1cccc(C(F)(F)F)c1. The average molecular weight is 331 g/mol. The van der Waals surface area contributed by atoms with Gasteiger partial charge in [0.1, 0.15) is 0 Å². The largest absolute Gasteiger partial charge is 0.416 e. The van der Waals surface area contributed by atoms with Crippen molar-refractivity contribution in [1.29, 1.82) is 0 Å². The van der Waals surface area contributed by atoms with Crippen molar-refractivity contribution in [3.8, 4) is 0 Å². The zero-order chi connectivity index (χ0) is 16.2. The first kappa shape index (κ1) is 16.3. The fraction of sp³-hybridized carbons (Fsp3) is 0.333. The number of hydrogen-bond acceptors (Lipinski definition) is 5. The number of anilines is 1. The van der Waals surface area contributed by atoms with Gasteiger partial charge in [-0.25, -0.2) is 4.68 Å². The monoisotopic (exact) mass is 331 g/mol. The highest BCUT2D eigenvalue weighted by molar-refractivity contribution is 7.99. The maximum Gasteiger partial charge on any atom is 0.416 e. The molecule has 0 aliphatic rings. The van der Waals surface area contributed by atoms with Crippen LogP contribution in [0.4, 0.5) is 18.9 Å². The van der Waals surface area contributed by atoms with Gasteiger partial charge in [-0.2, -0.15) is 13.2 Å². The minimum Gasteiger partial charge on any atom is -0.325 e. The zero-order valence-electron chi connectivity index (χ0n) is 11.5. The van der Waals surface area contributed by atoms with E-state index in [2.05, 4.69) is 20.8 Å². The average Bonchev–Trinajstić information content (AvgIpc) is 2.92. The number of carbonyl (C=O) groups excluding carboxylic acids is 1. The molecule has 118 valence electrons. The van der Waals surface area contributed by atoms with E-state index in [1.165, 1.54) is 16.8 Å². The van der Waals surface area contributed by atoms with Gasteiger partial charge < -0.3 is 5.32 Å². The molecule has 0 aliphatic heterocycles. The molecule has 1 aromatic carbocycles. The molecule has 1 amide bonds. The molecule has 1 N–H and O–H groups in total. The first-order valence-corrected chi connectivity index (χ1v) is 7.24. The Morgan fingerprint density at radius 3 is 2.86 bits per heavy atom. The number of carbonyl (C=O) groups is 1. The van der Waals surface area contributed by atoms with Crippen molar-refractivity contribution in [2.75, 3.05) is 11.1 Å². The Bertz CT molecular complexity index is 658. The first-order chi connectivity index (χ1) is 10.4. The van der Waals surface area contributed by atoms with Crippen molar-refractivity contribution in [1.82, 2.24) is 20.2 Å². The Kier molecular flexibility index (Phi) is 5.01. The van der Waals surface area contributed by atoms with Crippen molar-refractivity contribution in [2.45, 2.75) is 24.8 Å². The number of rotatable bonds is 5. The Hall–Kier alpha value is -2.10. The van der Waals surface area contributed by atoms with Crippen molar-refractivity contribution in [2.24, 2.45) is 0 Å². The van der Waals surface area contributed by atoms with Crippen LogP contribution in [0.5, 0.6) is 0 Å². The van der Waals surface area contributed by atoms with Gasteiger partial charge in [-0.05, 0) is 35.5 Å². The van der Waals surface area contributed by atoms with Crippen LogP contribution in [0.3, 0.4) is 0 Å². The van der Waals surface area contributed by atoms with Crippen molar-refractivity contribution >= 4 is 23.4 Å². The highest BCUT2D eigenvalue weighted by atomic mass is 32.2. The van der Waals surface area contributed by atoms with Crippen molar-refractivity contribution in [3.05, 3.63) is 29.8 Å². The number of nitrogens with zero attached hydrogens (tertiary/aromatic N) is 4. The molecule has 2 aromatic rings. The fourth-order valence-corrected chi connectivity index (χ4v) is 2.34. The van der Waals surface area contributed by atoms with Crippen LogP contribution in [0, 0.1) is 0 Å². The lowest BCUT2D eigenvalue weighted by molar-refractivity contribution is -0.137. The Morgan fingerprint density at radius 2 is 2.18 bits per heavy atom. The van der Waals surface area contributed by atoms with Crippen LogP contribution in [0.1, 0.15) is 12.5 Å². The summed E-state index contributed by atoms with van der Waals surface area (Å²) in [5.74, 6) is -0.439. The Balaban J connectivity index is 1.95. The topological polar surface area (TPSA) is 72.7 Å². The quantitative estimate of drug-likeness (QED) is 0.852. The number of alkyl halides is 3. The molecule has 6 nitrogen and oxygen atoms in total. The molecular weight excluding hydrogens is 319 g/mol. The number of benzene rings is 1. The van der Waals surface area contributed by atoms with Gasteiger partial charge in [-0.15, -0.1) is 5.10 Å². The van der Waals surface area contributed by atoms with Gasteiger partial charge in [0.05, 0.1) is 11.3 Å². The molecule has 0 atom stereocenters. The third-order valence-corrected chi connectivity index (χ3v) is 3.56. The molecule has 0 saturated heterocycles. The molecule has 0 radical (unpaired) electrons. The molecule has 22 heavy (non-hydrogen) atoms. The standard InChI is InChI=1S/C12H12F3N5OS/c1-2-20-11(17-18-19-20)22-7-10(21)16-9-5-3-4-8(6-9)12(13,14)15/h3-6H,2,7H2,1H3,(H,16,21). The molecule has 0 spiro atoms. The summed E-state index contributed by atoms with van der Waals surface area (Å²) in [6.07, 6.45) is -4.45. The summed E-state index contributed by atoms with van der Waals surface area (Å²) >= 11 is 1.11. The molecule has 1 heterocycles. The molecule has 10 heteroatoms. The van der Waals surface area contributed by atoms with Crippen molar-refractivity contribution in [3.63, 3.8) is 0 Å². The Morgan fingerprint density at radius 1 is 1.41 bits per heavy atom. The summed E-state index contributed by atoms with van der Waals surface area (Å²) in [7, 11) is 0. The fourth-order valence-electron chi connectivity index (χ4n) is 1.60. The van der Waals surface area contributed by atoms with E-state index < -0.39 is 17.6 Å². The van der Waals surface area contributed by atoms with E-state index >= 15 is 0 Å². The normalized spacial score (nSPS) is 11.5. The lowest BCUT2D eigenvalue weighted by Gasteiger charge is -2.09. The van der Waals surface area contributed by atoms with Gasteiger partial charge in [0, 0.05) is 12.2 Å². The van der Waals surface area contributed by atoms with Crippen LogP contribution in [0.2, 0.25) is 0 Å². The molecule has 2 rings (SSSR count). The number of aromatic nitrogens is 4. The molecule has 1 aromatic heterocycles. The van der Waals surface area contributed by atoms with Gasteiger partial charge in [-0.1, -0.05) is 17.8 Å². The second-order valence-corrected chi connectivity index (χ2v) is 5.14. The number of nitrogens with one attached hydrogen (secondary N) is 1. The third kappa shape index (κ3) is 4.20. The van der Waals surface area contributed by atoms with Crippen LogP contribution >= 0.6 is 11.8 Å². The minimum atomic E-state index is -4.45. The van der Waals surface area contributed by atoms with Crippen LogP contribution < -0.4 is 5.32 Å². The van der Waals surface area contributed by atoms with Crippen LogP contribution in [0.25, 0.3) is 0 Å². The van der Waals surface area contributed by atoms with Crippen LogP contribution in [-0.4, -0.2) is 31.9 Å². The minimum absolute atomic E-state index is 0.00335. The maximum absolute atomic E-state index is 12.6. The summed E-state index contributed by atoms with van der Waals surface area (Å²) in [4.78, 5) is 11.8. The zero-order valence-corrected chi connectivity index (χ0v) is 12.3. The summed E-state index contributed by atoms with van der Waals surface area (Å²) in [5, 5.41) is 13.8. The van der Waals surface area contributed by atoms with E-state index in [1.807, 2.05) is 6.92 Å². The number of tetrazole rings is 1.